The molecule has 0 fully saturated rings. The van der Waals surface area contributed by atoms with Crippen LogP contribution in [0.2, 0.25) is 0 Å². The average Bonchev–Trinajstić information content (AvgIpc) is 3.05. The molecule has 0 spiro atoms. The maximum absolute atomic E-state index is 12.8. The van der Waals surface area contributed by atoms with Crippen LogP contribution in [-0.2, 0) is 4.79 Å². The predicted octanol–water partition coefficient (Wildman–Crippen LogP) is 3.95. The van der Waals surface area contributed by atoms with Crippen LogP contribution in [0.1, 0.15) is 34.8 Å². The number of ether oxygens (including phenoxy) is 5. The molecule has 3 rings (SSSR count). The molecule has 0 amide bonds. The molecule has 2 aromatic carbocycles. The highest BCUT2D eigenvalue weighted by molar-refractivity contribution is 6.15. The van der Waals surface area contributed by atoms with Gasteiger partial charge in [-0.1, -0.05) is 6.92 Å². The lowest BCUT2D eigenvalue weighted by Gasteiger charge is -2.14. The van der Waals surface area contributed by atoms with Crippen molar-refractivity contribution in [2.75, 3.05) is 21.3 Å². The van der Waals surface area contributed by atoms with Gasteiger partial charge < -0.3 is 23.7 Å². The molecule has 0 radical (unpaired) electrons. The lowest BCUT2D eigenvalue weighted by molar-refractivity contribution is -0.134. The zero-order valence-electron chi connectivity index (χ0n) is 17.0. The third-order valence-electron chi connectivity index (χ3n) is 4.57. The fourth-order valence-electron chi connectivity index (χ4n) is 3.05. The maximum Gasteiger partial charge on any atom is 0.310 e. The van der Waals surface area contributed by atoms with E-state index in [0.717, 1.165) is 0 Å². The Morgan fingerprint density at radius 3 is 2.31 bits per heavy atom. The van der Waals surface area contributed by atoms with E-state index in [1.807, 2.05) is 0 Å². The Hall–Kier alpha value is -3.48. The van der Waals surface area contributed by atoms with Gasteiger partial charge in [0.05, 0.1) is 26.9 Å². The van der Waals surface area contributed by atoms with Crippen molar-refractivity contribution in [2.45, 2.75) is 20.3 Å². The number of carbonyl (C=O) groups is 2. The van der Waals surface area contributed by atoms with E-state index in [2.05, 4.69) is 0 Å². The quantitative estimate of drug-likeness (QED) is 0.414. The van der Waals surface area contributed by atoms with Crippen molar-refractivity contribution in [3.63, 3.8) is 0 Å². The molecule has 1 heterocycles. The first-order chi connectivity index (χ1) is 13.9. The number of methoxy groups -OCH3 is 3. The topological polar surface area (TPSA) is 80.3 Å². The first-order valence-corrected chi connectivity index (χ1v) is 9.02. The van der Waals surface area contributed by atoms with Gasteiger partial charge in [-0.05, 0) is 37.3 Å². The van der Waals surface area contributed by atoms with E-state index in [1.54, 1.807) is 44.2 Å². The summed E-state index contributed by atoms with van der Waals surface area (Å²) >= 11 is 0. The summed E-state index contributed by atoms with van der Waals surface area (Å²) in [5.74, 6) is 1.59. The van der Waals surface area contributed by atoms with Crippen LogP contribution in [0.4, 0.5) is 0 Å². The Bertz CT molecular complexity index is 1000. The number of hydrogen-bond donors (Lipinski definition) is 0. The number of fused-ring (bicyclic) bond motifs is 1. The van der Waals surface area contributed by atoms with Crippen LogP contribution in [0.3, 0.4) is 0 Å². The number of allylic oxidation sites excluding steroid dienone is 1. The number of hydrogen-bond acceptors (Lipinski definition) is 7. The molecule has 0 saturated heterocycles. The molecule has 0 atom stereocenters. The Morgan fingerprint density at radius 2 is 1.69 bits per heavy atom. The fourth-order valence-corrected chi connectivity index (χ4v) is 3.05. The van der Waals surface area contributed by atoms with Crippen LogP contribution in [0.15, 0.2) is 30.0 Å². The summed E-state index contributed by atoms with van der Waals surface area (Å²) in [6.45, 7) is 3.45. The van der Waals surface area contributed by atoms with E-state index in [1.165, 1.54) is 21.3 Å². The first-order valence-electron chi connectivity index (χ1n) is 9.02. The summed E-state index contributed by atoms with van der Waals surface area (Å²) in [5, 5.41) is 0. The van der Waals surface area contributed by atoms with E-state index in [-0.39, 0.29) is 23.9 Å². The van der Waals surface area contributed by atoms with Crippen molar-refractivity contribution in [3.05, 3.63) is 46.7 Å². The molecule has 1 aliphatic heterocycles. The van der Waals surface area contributed by atoms with Crippen molar-refractivity contribution in [3.8, 4) is 28.7 Å². The highest BCUT2D eigenvalue weighted by Gasteiger charge is 2.31. The summed E-state index contributed by atoms with van der Waals surface area (Å²) in [7, 11) is 4.54. The van der Waals surface area contributed by atoms with Crippen LogP contribution in [0, 0.1) is 6.92 Å². The van der Waals surface area contributed by atoms with Gasteiger partial charge in [-0.25, -0.2) is 0 Å². The number of Topliss-reactive ketones (excluding diaryl/α,β-unsaturated/α-hetero) is 1. The van der Waals surface area contributed by atoms with Crippen molar-refractivity contribution >= 4 is 17.8 Å². The van der Waals surface area contributed by atoms with E-state index in [4.69, 9.17) is 23.7 Å². The van der Waals surface area contributed by atoms with Crippen LogP contribution in [0.25, 0.3) is 6.08 Å². The molecule has 0 N–H and O–H groups in total. The third-order valence-corrected chi connectivity index (χ3v) is 4.57. The summed E-state index contributed by atoms with van der Waals surface area (Å²) in [6.07, 6.45) is 1.83. The van der Waals surface area contributed by atoms with Gasteiger partial charge >= 0.3 is 5.97 Å². The van der Waals surface area contributed by atoms with Gasteiger partial charge in [-0.3, -0.25) is 9.59 Å². The summed E-state index contributed by atoms with van der Waals surface area (Å²) in [6, 6.07) is 6.65. The van der Waals surface area contributed by atoms with Crippen molar-refractivity contribution < 1.29 is 33.3 Å². The fraction of sp³-hybridized carbons (Fsp3) is 0.273. The van der Waals surface area contributed by atoms with E-state index < -0.39 is 0 Å². The molecule has 2 aromatic rings. The Labute approximate surface area is 168 Å². The molecule has 7 heteroatoms. The SMILES string of the molecule is CCC(=O)Oc1ccc2c(c1C)O/C(=C\c1ccc(OC)c(OC)c1OC)C2=O. The number of benzene rings is 2. The minimum atomic E-state index is -0.358. The molecule has 152 valence electrons. The second kappa shape index (κ2) is 8.26. The largest absolute Gasteiger partial charge is 0.493 e. The number of esters is 1. The van der Waals surface area contributed by atoms with Crippen LogP contribution >= 0.6 is 0 Å². The highest BCUT2D eigenvalue weighted by Crippen LogP contribution is 2.43. The van der Waals surface area contributed by atoms with E-state index >= 15 is 0 Å². The summed E-state index contributed by atoms with van der Waals surface area (Å²) < 4.78 is 27.3. The van der Waals surface area contributed by atoms with Crippen molar-refractivity contribution in [2.24, 2.45) is 0 Å². The standard InChI is InChI=1S/C22H22O7/c1-6-18(23)28-15-10-8-14-19(24)17(29-20(14)12(15)2)11-13-7-9-16(25-3)22(27-5)21(13)26-4/h7-11H,6H2,1-5H3/b17-11-. The smallest absolute Gasteiger partial charge is 0.310 e. The number of rotatable bonds is 6. The third kappa shape index (κ3) is 3.63. The monoisotopic (exact) mass is 398 g/mol. The van der Waals surface area contributed by atoms with Gasteiger partial charge in [0, 0.05) is 17.5 Å². The van der Waals surface area contributed by atoms with Crippen LogP contribution in [0.5, 0.6) is 28.7 Å². The molecule has 0 bridgehead atoms. The Kier molecular flexibility index (Phi) is 5.77. The Balaban J connectivity index is 2.01. The second-order valence-electron chi connectivity index (χ2n) is 6.26. The maximum atomic E-state index is 12.8. The molecule has 0 aromatic heterocycles. The molecule has 0 saturated carbocycles. The molecule has 0 unspecified atom stereocenters. The molecule has 1 aliphatic rings. The number of carbonyl (C=O) groups excluding carboxylic acids is 2. The Morgan fingerprint density at radius 1 is 1.00 bits per heavy atom. The number of ketones is 1. The van der Waals surface area contributed by atoms with Gasteiger partial charge in [-0.15, -0.1) is 0 Å². The van der Waals surface area contributed by atoms with Gasteiger partial charge in [0.15, 0.2) is 17.3 Å². The predicted molar refractivity (Wildman–Crippen MR) is 106 cm³/mol. The highest BCUT2D eigenvalue weighted by atomic mass is 16.5. The minimum Gasteiger partial charge on any atom is -0.493 e. The minimum absolute atomic E-state index is 0.132. The van der Waals surface area contributed by atoms with Gasteiger partial charge in [-0.2, -0.15) is 0 Å². The molecule has 29 heavy (non-hydrogen) atoms. The molecular formula is C22H22O7. The van der Waals surface area contributed by atoms with E-state index in [0.29, 0.717) is 45.4 Å². The molecule has 0 aliphatic carbocycles. The zero-order valence-corrected chi connectivity index (χ0v) is 17.0. The summed E-state index contributed by atoms with van der Waals surface area (Å²) in [4.78, 5) is 24.4. The van der Waals surface area contributed by atoms with Gasteiger partial charge in [0.1, 0.15) is 11.5 Å². The van der Waals surface area contributed by atoms with Crippen molar-refractivity contribution in [1.29, 1.82) is 0 Å². The first kappa shape index (κ1) is 20.3. The van der Waals surface area contributed by atoms with Crippen LogP contribution in [-0.4, -0.2) is 33.1 Å². The molecule has 7 nitrogen and oxygen atoms in total. The lowest BCUT2D eigenvalue weighted by atomic mass is 10.1. The van der Waals surface area contributed by atoms with E-state index in [9.17, 15) is 9.59 Å². The van der Waals surface area contributed by atoms with Crippen LogP contribution < -0.4 is 23.7 Å². The van der Waals surface area contributed by atoms with Crippen molar-refractivity contribution in [1.82, 2.24) is 0 Å². The normalized spacial score (nSPS) is 13.7. The zero-order chi connectivity index (χ0) is 21.1. The molecular weight excluding hydrogens is 376 g/mol. The lowest BCUT2D eigenvalue weighted by Crippen LogP contribution is -2.06. The summed E-state index contributed by atoms with van der Waals surface area (Å²) in [5.41, 5.74) is 1.58. The van der Waals surface area contributed by atoms with Gasteiger partial charge in [0.25, 0.3) is 0 Å². The van der Waals surface area contributed by atoms with Gasteiger partial charge in [0.2, 0.25) is 11.5 Å². The average molecular weight is 398 g/mol. The second-order valence-corrected chi connectivity index (χ2v) is 6.26.